The summed E-state index contributed by atoms with van der Waals surface area (Å²) in [6.45, 7) is 15.7. The van der Waals surface area contributed by atoms with Gasteiger partial charge in [-0.05, 0) is 89.3 Å². The molecule has 317 valence electrons. The Hall–Kier alpha value is -3.03. The molecule has 4 aromatic rings. The van der Waals surface area contributed by atoms with Crippen molar-refractivity contribution >= 4 is 26.4 Å². The molecule has 13 heteroatoms. The maximum absolute atomic E-state index is 8.61. The van der Waals surface area contributed by atoms with Gasteiger partial charge in [-0.25, -0.2) is 0 Å². The fourth-order valence-corrected chi connectivity index (χ4v) is 12.5. The fourth-order valence-electron chi connectivity index (χ4n) is 5.60. The van der Waals surface area contributed by atoms with Crippen molar-refractivity contribution in [3.05, 3.63) is 138 Å². The van der Waals surface area contributed by atoms with Crippen LogP contribution in [0.3, 0.4) is 0 Å². The van der Waals surface area contributed by atoms with Gasteiger partial charge in [0.1, 0.15) is 5.75 Å². The first-order chi connectivity index (χ1) is 27.7. The number of benzene rings is 4. The smallest absolute Gasteiger partial charge is 0.505 e. The zero-order chi connectivity index (χ0) is 42.1. The van der Waals surface area contributed by atoms with Gasteiger partial charge in [0.05, 0.1) is 0 Å². The molecule has 0 spiro atoms. The van der Waals surface area contributed by atoms with E-state index in [0.29, 0.717) is 45.4 Å². The first-order valence-electron chi connectivity index (χ1n) is 19.9. The minimum atomic E-state index is -2.54. The van der Waals surface area contributed by atoms with Crippen molar-refractivity contribution in [1.82, 2.24) is 0 Å². The lowest BCUT2D eigenvalue weighted by Gasteiger charge is -2.28. The highest BCUT2D eigenvalue weighted by molar-refractivity contribution is 6.61. The van der Waals surface area contributed by atoms with Crippen LogP contribution in [0.1, 0.15) is 58.2 Å². The topological polar surface area (TPSA) is 103 Å². The summed E-state index contributed by atoms with van der Waals surface area (Å²) in [6.07, 6.45) is 1.86. The number of aryl methyl sites for hydroxylation is 2. The van der Waals surface area contributed by atoms with Crippen LogP contribution >= 0.6 is 0 Å². The number of phenols is 1. The van der Waals surface area contributed by atoms with Gasteiger partial charge in [0.25, 0.3) is 0 Å². The Balaban J connectivity index is 0.000000394. The van der Waals surface area contributed by atoms with Crippen molar-refractivity contribution in [3.8, 4) is 5.75 Å². The van der Waals surface area contributed by atoms with E-state index in [0.717, 1.165) is 31.0 Å². The third-order valence-corrected chi connectivity index (χ3v) is 17.0. The molecule has 0 atom stereocenters. The van der Waals surface area contributed by atoms with Crippen LogP contribution in [0.25, 0.3) is 0 Å². The lowest BCUT2D eigenvalue weighted by atomic mass is 10.2. The monoisotopic (exact) mass is 841 g/mol. The summed E-state index contributed by atoms with van der Waals surface area (Å²) in [5.41, 5.74) is 3.78. The van der Waals surface area contributed by atoms with E-state index in [2.05, 4.69) is 54.6 Å². The van der Waals surface area contributed by atoms with Crippen molar-refractivity contribution in [2.45, 2.75) is 72.5 Å². The zero-order valence-electron chi connectivity index (χ0n) is 35.9. The SMILES string of the molecule is CCO[Si](CCc1ccccc1)(OCC)OCC.CCO[Si](Cc1ccccc1)(OCC)OCC.CO[Si](CCc1ccccc1)(OC)OC.Oc1cc[c]cc1. The summed E-state index contributed by atoms with van der Waals surface area (Å²) >= 11 is 0. The molecule has 10 nitrogen and oxygen atoms in total. The van der Waals surface area contributed by atoms with E-state index >= 15 is 0 Å². The second-order valence-electron chi connectivity index (χ2n) is 12.2. The van der Waals surface area contributed by atoms with Crippen molar-refractivity contribution < 1.29 is 44.9 Å². The highest BCUT2D eigenvalue weighted by atomic mass is 28.4. The summed E-state index contributed by atoms with van der Waals surface area (Å²) < 4.78 is 51.0. The summed E-state index contributed by atoms with van der Waals surface area (Å²) in [7, 11) is -2.49. The van der Waals surface area contributed by atoms with E-state index in [9.17, 15) is 0 Å². The van der Waals surface area contributed by atoms with Gasteiger partial charge in [0.15, 0.2) is 0 Å². The summed E-state index contributed by atoms with van der Waals surface area (Å²) in [5, 5.41) is 8.61. The van der Waals surface area contributed by atoms with Gasteiger partial charge >= 0.3 is 26.4 Å². The van der Waals surface area contributed by atoms with Gasteiger partial charge in [-0.1, -0.05) is 103 Å². The predicted octanol–water partition coefficient (Wildman–Crippen LogP) is 9.39. The van der Waals surface area contributed by atoms with Crippen LogP contribution in [0.15, 0.2) is 115 Å². The van der Waals surface area contributed by atoms with Crippen LogP contribution in [-0.4, -0.2) is 92.5 Å². The Bertz CT molecular complexity index is 1430. The lowest BCUT2D eigenvalue weighted by Crippen LogP contribution is -2.48. The molecule has 0 amide bonds. The highest BCUT2D eigenvalue weighted by Gasteiger charge is 2.41. The van der Waals surface area contributed by atoms with E-state index in [4.69, 9.17) is 44.9 Å². The quantitative estimate of drug-likeness (QED) is 0.0727. The average Bonchev–Trinajstić information content (AvgIpc) is 3.24. The minimum absolute atomic E-state index is 0.291. The number of hydrogen-bond acceptors (Lipinski definition) is 10. The molecule has 0 unspecified atom stereocenters. The normalized spacial score (nSPS) is 11.3. The maximum Gasteiger partial charge on any atom is 0.505 e. The van der Waals surface area contributed by atoms with Crippen LogP contribution in [0.4, 0.5) is 0 Å². The number of aromatic hydroxyl groups is 1. The molecule has 1 radical (unpaired) electrons. The third-order valence-electron chi connectivity index (χ3n) is 8.21. The molecule has 0 aliphatic carbocycles. The molecule has 57 heavy (non-hydrogen) atoms. The standard InChI is InChI=1S/C14H24O3Si.C13H22O3Si.C11H18O3Si.C6H5O/c1-4-15-18(16-5-2,17-6-3)13-12-14-10-8-7-9-11-14;1-4-14-17(15-5-2,16-6-3)12-13-10-8-7-9-11-13;1-12-15(13-2,14-3)10-9-11-7-5-4-6-8-11;7-6-4-2-1-3-5-6/h7-11H,4-6,12-13H2,1-3H3;7-11H,4-6,12H2,1-3H3;4-8H,9-10H2,1-3H3;2-5,7H. The first kappa shape index (κ1) is 52.0. The van der Waals surface area contributed by atoms with Crippen LogP contribution in [0, 0.1) is 6.07 Å². The average molecular weight is 842 g/mol. The van der Waals surface area contributed by atoms with E-state index in [1.165, 1.54) is 16.7 Å². The van der Waals surface area contributed by atoms with E-state index in [-0.39, 0.29) is 0 Å². The second-order valence-corrected chi connectivity index (χ2v) is 20.6. The van der Waals surface area contributed by atoms with Crippen molar-refractivity contribution in [3.63, 3.8) is 0 Å². The number of phenolic OH excluding ortho intramolecular Hbond substituents is 1. The second kappa shape index (κ2) is 31.9. The Morgan fingerprint density at radius 1 is 0.421 bits per heavy atom. The molecule has 0 heterocycles. The summed E-state index contributed by atoms with van der Waals surface area (Å²) in [6, 6.07) is 42.5. The molecular weight excluding hydrogens is 773 g/mol. The molecular formula is C44H69O10Si3. The molecule has 0 saturated heterocycles. The van der Waals surface area contributed by atoms with E-state index in [1.807, 2.05) is 84.0 Å². The Morgan fingerprint density at radius 2 is 0.737 bits per heavy atom. The molecule has 4 aromatic carbocycles. The van der Waals surface area contributed by atoms with Gasteiger partial charge in [0.2, 0.25) is 0 Å². The van der Waals surface area contributed by atoms with Crippen LogP contribution in [-0.2, 0) is 58.7 Å². The molecule has 0 bridgehead atoms. The van der Waals surface area contributed by atoms with Gasteiger partial charge in [0, 0.05) is 79.1 Å². The van der Waals surface area contributed by atoms with Crippen molar-refractivity contribution in [2.75, 3.05) is 61.0 Å². The molecule has 0 fully saturated rings. The van der Waals surface area contributed by atoms with Crippen molar-refractivity contribution in [1.29, 1.82) is 0 Å². The van der Waals surface area contributed by atoms with Crippen LogP contribution < -0.4 is 0 Å². The van der Waals surface area contributed by atoms with Crippen molar-refractivity contribution in [2.24, 2.45) is 0 Å². The summed E-state index contributed by atoms with van der Waals surface area (Å²) in [5.74, 6) is 0.291. The van der Waals surface area contributed by atoms with Gasteiger partial charge in [-0.3, -0.25) is 0 Å². The van der Waals surface area contributed by atoms with E-state index in [1.54, 1.807) is 45.6 Å². The molecule has 0 aliphatic rings. The first-order valence-corrected chi connectivity index (χ1v) is 25.7. The molecule has 4 rings (SSSR count). The highest BCUT2D eigenvalue weighted by Crippen LogP contribution is 2.20. The zero-order valence-corrected chi connectivity index (χ0v) is 38.9. The Morgan fingerprint density at radius 3 is 1.04 bits per heavy atom. The van der Waals surface area contributed by atoms with Crippen LogP contribution in [0.2, 0.25) is 12.1 Å². The minimum Gasteiger partial charge on any atom is -0.508 e. The molecule has 1 N–H and O–H groups in total. The Kier molecular flexibility index (Phi) is 29.1. The number of hydrogen-bond donors (Lipinski definition) is 1. The molecule has 0 saturated carbocycles. The lowest BCUT2D eigenvalue weighted by molar-refractivity contribution is 0.0699. The Labute approximate surface area is 347 Å². The summed E-state index contributed by atoms with van der Waals surface area (Å²) in [4.78, 5) is 0. The van der Waals surface area contributed by atoms with Gasteiger partial charge < -0.3 is 44.9 Å². The molecule has 0 aromatic heterocycles. The van der Waals surface area contributed by atoms with Crippen LogP contribution in [0.5, 0.6) is 5.75 Å². The maximum atomic E-state index is 8.61. The van der Waals surface area contributed by atoms with Gasteiger partial charge in [-0.15, -0.1) is 0 Å². The third kappa shape index (κ3) is 22.1. The van der Waals surface area contributed by atoms with Gasteiger partial charge in [-0.2, -0.15) is 0 Å². The fraction of sp³-hybridized carbons (Fsp3) is 0.455. The molecule has 0 aliphatic heterocycles. The van der Waals surface area contributed by atoms with E-state index < -0.39 is 26.4 Å². The largest absolute Gasteiger partial charge is 0.508 e. The number of rotatable bonds is 23. The predicted molar refractivity (Wildman–Crippen MR) is 235 cm³/mol.